The van der Waals surface area contributed by atoms with E-state index in [4.69, 9.17) is 0 Å². The van der Waals surface area contributed by atoms with E-state index in [-0.39, 0.29) is 0 Å². The van der Waals surface area contributed by atoms with Crippen LogP contribution < -0.4 is 5.32 Å². The first-order valence-corrected chi connectivity index (χ1v) is 7.15. The number of nitrogens with one attached hydrogen (secondary N) is 1. The Morgan fingerprint density at radius 1 is 1.12 bits per heavy atom. The fourth-order valence-corrected chi connectivity index (χ4v) is 3.79. The van der Waals surface area contributed by atoms with Crippen molar-refractivity contribution in [2.75, 3.05) is 11.5 Å². The predicted octanol–water partition coefficient (Wildman–Crippen LogP) is 3.38. The lowest BCUT2D eigenvalue weighted by Gasteiger charge is -2.31. The summed E-state index contributed by atoms with van der Waals surface area (Å²) in [7, 11) is 0. The molecule has 1 aromatic carbocycles. The molecule has 1 heterocycles. The Morgan fingerprint density at radius 3 is 2.31 bits per heavy atom. The molecule has 1 aliphatic rings. The van der Waals surface area contributed by atoms with Crippen LogP contribution in [0, 0.1) is 20.8 Å². The number of hydrogen-bond acceptors (Lipinski definition) is 2. The van der Waals surface area contributed by atoms with Gasteiger partial charge in [-0.1, -0.05) is 17.7 Å². The summed E-state index contributed by atoms with van der Waals surface area (Å²) in [4.78, 5) is 0. The normalized spacial score (nSPS) is 25.8. The van der Waals surface area contributed by atoms with E-state index in [1.165, 1.54) is 33.8 Å². The lowest BCUT2D eigenvalue weighted by molar-refractivity contribution is 0.499. The van der Waals surface area contributed by atoms with Crippen molar-refractivity contribution in [2.45, 2.75) is 39.8 Å². The first-order valence-electron chi connectivity index (χ1n) is 5.99. The van der Waals surface area contributed by atoms with Crippen LogP contribution in [0.2, 0.25) is 0 Å². The average Bonchev–Trinajstić information content (AvgIpc) is 2.15. The molecule has 0 radical (unpaired) electrons. The van der Waals surface area contributed by atoms with Crippen molar-refractivity contribution >= 4 is 11.8 Å². The molecule has 16 heavy (non-hydrogen) atoms. The summed E-state index contributed by atoms with van der Waals surface area (Å²) in [6.07, 6.45) is 0. The van der Waals surface area contributed by atoms with Gasteiger partial charge in [0.1, 0.15) is 0 Å². The van der Waals surface area contributed by atoms with E-state index >= 15 is 0 Å². The Labute approximate surface area is 103 Å². The van der Waals surface area contributed by atoms with Crippen molar-refractivity contribution in [3.05, 3.63) is 34.4 Å². The van der Waals surface area contributed by atoms with Crippen molar-refractivity contribution in [3.63, 3.8) is 0 Å². The van der Waals surface area contributed by atoms with Gasteiger partial charge in [-0.15, -0.1) is 0 Å². The number of rotatable bonds is 1. The Balaban J connectivity index is 2.32. The molecule has 0 saturated carbocycles. The monoisotopic (exact) mass is 235 g/mol. The zero-order chi connectivity index (χ0) is 11.7. The summed E-state index contributed by atoms with van der Waals surface area (Å²) in [6.45, 7) is 8.93. The Hall–Kier alpha value is -0.470. The van der Waals surface area contributed by atoms with Crippen LogP contribution in [0.1, 0.15) is 35.2 Å². The quantitative estimate of drug-likeness (QED) is 0.801. The minimum Gasteiger partial charge on any atom is -0.306 e. The summed E-state index contributed by atoms with van der Waals surface area (Å²) in [6, 6.07) is 5.76. The van der Waals surface area contributed by atoms with Crippen LogP contribution in [-0.4, -0.2) is 17.5 Å². The first-order chi connectivity index (χ1) is 7.58. The third-order valence-electron chi connectivity index (χ3n) is 3.22. The standard InChI is InChI=1S/C14H21NS/c1-9-5-10(2)14(11(3)6-9)13-8-16-7-12(4)15-13/h5-6,12-13,15H,7-8H2,1-4H3. The van der Waals surface area contributed by atoms with Gasteiger partial charge in [0.15, 0.2) is 0 Å². The lowest BCUT2D eigenvalue weighted by atomic mass is 9.94. The van der Waals surface area contributed by atoms with Gasteiger partial charge in [-0.2, -0.15) is 11.8 Å². The highest BCUT2D eigenvalue weighted by molar-refractivity contribution is 7.99. The average molecular weight is 235 g/mol. The molecule has 2 rings (SSSR count). The van der Waals surface area contributed by atoms with Crippen molar-refractivity contribution in [3.8, 4) is 0 Å². The molecule has 88 valence electrons. The molecule has 1 saturated heterocycles. The topological polar surface area (TPSA) is 12.0 Å². The van der Waals surface area contributed by atoms with Crippen molar-refractivity contribution in [1.29, 1.82) is 0 Å². The number of aryl methyl sites for hydroxylation is 3. The molecular weight excluding hydrogens is 214 g/mol. The molecule has 0 bridgehead atoms. The third kappa shape index (κ3) is 2.44. The fourth-order valence-electron chi connectivity index (χ4n) is 2.71. The molecule has 1 N–H and O–H groups in total. The molecule has 1 nitrogen and oxygen atoms in total. The molecule has 0 spiro atoms. The van der Waals surface area contributed by atoms with Crippen molar-refractivity contribution < 1.29 is 0 Å². The van der Waals surface area contributed by atoms with E-state index in [1.807, 2.05) is 0 Å². The molecule has 2 unspecified atom stereocenters. The van der Waals surface area contributed by atoms with Gasteiger partial charge >= 0.3 is 0 Å². The molecule has 0 aromatic heterocycles. The van der Waals surface area contributed by atoms with Crippen LogP contribution in [0.3, 0.4) is 0 Å². The van der Waals surface area contributed by atoms with Crippen LogP contribution in [0.15, 0.2) is 12.1 Å². The van der Waals surface area contributed by atoms with E-state index in [0.717, 1.165) is 0 Å². The fraction of sp³-hybridized carbons (Fsp3) is 0.571. The maximum absolute atomic E-state index is 3.71. The second kappa shape index (κ2) is 4.80. The summed E-state index contributed by atoms with van der Waals surface area (Å²) < 4.78 is 0. The van der Waals surface area contributed by atoms with Gasteiger partial charge in [0.2, 0.25) is 0 Å². The van der Waals surface area contributed by atoms with Crippen LogP contribution in [-0.2, 0) is 0 Å². The smallest absolute Gasteiger partial charge is 0.0419 e. The van der Waals surface area contributed by atoms with E-state index in [1.54, 1.807) is 0 Å². The molecule has 0 amide bonds. The molecule has 2 atom stereocenters. The van der Waals surface area contributed by atoms with Gasteiger partial charge in [-0.3, -0.25) is 0 Å². The number of thioether (sulfide) groups is 1. The van der Waals surface area contributed by atoms with E-state index < -0.39 is 0 Å². The van der Waals surface area contributed by atoms with Gasteiger partial charge in [0.05, 0.1) is 0 Å². The van der Waals surface area contributed by atoms with Gasteiger partial charge in [-0.25, -0.2) is 0 Å². The van der Waals surface area contributed by atoms with Gasteiger partial charge in [0, 0.05) is 23.6 Å². The molecular formula is C14H21NS. The highest BCUT2D eigenvalue weighted by atomic mass is 32.2. The second-order valence-corrected chi connectivity index (χ2v) is 6.05. The number of hydrogen-bond donors (Lipinski definition) is 1. The van der Waals surface area contributed by atoms with Gasteiger partial charge < -0.3 is 5.32 Å². The zero-order valence-electron chi connectivity index (χ0n) is 10.6. The Bertz CT molecular complexity index is 363. The molecule has 0 aliphatic carbocycles. The van der Waals surface area contributed by atoms with Crippen LogP contribution in [0.4, 0.5) is 0 Å². The van der Waals surface area contributed by atoms with E-state index in [0.29, 0.717) is 12.1 Å². The Morgan fingerprint density at radius 2 is 1.75 bits per heavy atom. The summed E-state index contributed by atoms with van der Waals surface area (Å²) >= 11 is 2.07. The van der Waals surface area contributed by atoms with Crippen LogP contribution in [0.25, 0.3) is 0 Å². The van der Waals surface area contributed by atoms with Gasteiger partial charge in [-0.05, 0) is 44.4 Å². The highest BCUT2D eigenvalue weighted by Gasteiger charge is 2.22. The van der Waals surface area contributed by atoms with E-state index in [2.05, 4.69) is 56.9 Å². The molecule has 2 heteroatoms. The number of benzene rings is 1. The minimum atomic E-state index is 0.536. The van der Waals surface area contributed by atoms with Crippen LogP contribution in [0.5, 0.6) is 0 Å². The van der Waals surface area contributed by atoms with Crippen molar-refractivity contribution in [2.24, 2.45) is 0 Å². The molecule has 1 aliphatic heterocycles. The third-order valence-corrected chi connectivity index (χ3v) is 4.53. The summed E-state index contributed by atoms with van der Waals surface area (Å²) in [5.74, 6) is 2.44. The first kappa shape index (κ1) is 12.0. The minimum absolute atomic E-state index is 0.536. The van der Waals surface area contributed by atoms with Gasteiger partial charge in [0.25, 0.3) is 0 Å². The van der Waals surface area contributed by atoms with E-state index in [9.17, 15) is 0 Å². The van der Waals surface area contributed by atoms with Crippen molar-refractivity contribution in [1.82, 2.24) is 5.32 Å². The zero-order valence-corrected chi connectivity index (χ0v) is 11.4. The maximum atomic E-state index is 3.71. The van der Waals surface area contributed by atoms with Crippen LogP contribution >= 0.6 is 11.8 Å². The molecule has 1 fully saturated rings. The second-order valence-electron chi connectivity index (χ2n) is 4.97. The SMILES string of the molecule is Cc1cc(C)c(C2CSCC(C)N2)c(C)c1. The largest absolute Gasteiger partial charge is 0.306 e. The summed E-state index contributed by atoms with van der Waals surface area (Å²) in [5, 5.41) is 3.71. The maximum Gasteiger partial charge on any atom is 0.0419 e. The highest BCUT2D eigenvalue weighted by Crippen LogP contribution is 2.29. The predicted molar refractivity (Wildman–Crippen MR) is 73.3 cm³/mol. The molecule has 1 aromatic rings. The summed E-state index contributed by atoms with van der Waals surface area (Å²) in [5.41, 5.74) is 5.76. The Kier molecular flexibility index (Phi) is 3.60. The lowest BCUT2D eigenvalue weighted by Crippen LogP contribution is -2.38.